The van der Waals surface area contributed by atoms with Crippen molar-refractivity contribution >= 4 is 23.4 Å². The Hall–Kier alpha value is -0.180. The fourth-order valence-electron chi connectivity index (χ4n) is 2.45. The molecular weight excluding hydrogens is 238 g/mol. The highest BCUT2D eigenvalue weighted by molar-refractivity contribution is 7.98. The van der Waals surface area contributed by atoms with Gasteiger partial charge in [-0.3, -0.25) is 0 Å². The summed E-state index contributed by atoms with van der Waals surface area (Å²) in [5.41, 5.74) is 7.54. The fourth-order valence-corrected chi connectivity index (χ4v) is 3.32. The van der Waals surface area contributed by atoms with Gasteiger partial charge >= 0.3 is 0 Å². The van der Waals surface area contributed by atoms with Gasteiger partial charge in [0.25, 0.3) is 0 Å². The second kappa shape index (κ2) is 4.99. The first kappa shape index (κ1) is 12.3. The Balaban J connectivity index is 2.29. The van der Waals surface area contributed by atoms with Gasteiger partial charge in [-0.15, -0.1) is 11.8 Å². The summed E-state index contributed by atoms with van der Waals surface area (Å²) in [6, 6.07) is 6.29. The van der Waals surface area contributed by atoms with Crippen molar-refractivity contribution < 1.29 is 0 Å². The Labute approximate surface area is 107 Å². The van der Waals surface area contributed by atoms with Crippen LogP contribution in [-0.4, -0.2) is 6.26 Å². The smallest absolute Gasteiger partial charge is 0.0545 e. The second-order valence-electron chi connectivity index (χ2n) is 4.57. The van der Waals surface area contributed by atoms with Crippen molar-refractivity contribution in [3.8, 4) is 0 Å². The van der Waals surface area contributed by atoms with E-state index in [-0.39, 0.29) is 5.54 Å². The number of hydrogen-bond acceptors (Lipinski definition) is 2. The Bertz CT molecular complexity index is 372. The highest BCUT2D eigenvalue weighted by Crippen LogP contribution is 2.37. The predicted octanol–water partition coefficient (Wildman–Crippen LogP) is 4.18. The van der Waals surface area contributed by atoms with E-state index in [2.05, 4.69) is 18.2 Å². The normalized spacial score (nSPS) is 19.7. The fraction of sp³-hybridized carbons (Fsp3) is 0.538. The summed E-state index contributed by atoms with van der Waals surface area (Å²) in [4.78, 5) is 1.13. The summed E-state index contributed by atoms with van der Waals surface area (Å²) in [5, 5.41) is 0.834. The molecular formula is C13H18ClNS. The summed E-state index contributed by atoms with van der Waals surface area (Å²) < 4.78 is 0. The van der Waals surface area contributed by atoms with Gasteiger partial charge in [-0.2, -0.15) is 0 Å². The molecule has 0 amide bonds. The first-order valence-corrected chi connectivity index (χ1v) is 7.39. The molecule has 1 aromatic carbocycles. The van der Waals surface area contributed by atoms with Crippen molar-refractivity contribution in [3.63, 3.8) is 0 Å². The third-order valence-electron chi connectivity index (χ3n) is 3.47. The molecule has 0 aliphatic heterocycles. The minimum Gasteiger partial charge on any atom is -0.321 e. The highest BCUT2D eigenvalue weighted by atomic mass is 35.5. The van der Waals surface area contributed by atoms with Gasteiger partial charge in [0.2, 0.25) is 0 Å². The van der Waals surface area contributed by atoms with Crippen molar-refractivity contribution in [2.75, 3.05) is 6.26 Å². The topological polar surface area (TPSA) is 26.0 Å². The molecule has 88 valence electrons. The summed E-state index contributed by atoms with van der Waals surface area (Å²) in [7, 11) is 0. The molecule has 2 N–H and O–H groups in total. The molecule has 0 heterocycles. The highest BCUT2D eigenvalue weighted by Gasteiger charge is 2.29. The lowest BCUT2D eigenvalue weighted by molar-refractivity contribution is 0.302. The molecule has 2 rings (SSSR count). The zero-order valence-electron chi connectivity index (χ0n) is 9.63. The van der Waals surface area contributed by atoms with Crippen LogP contribution in [0.15, 0.2) is 23.1 Å². The number of benzene rings is 1. The van der Waals surface area contributed by atoms with E-state index in [9.17, 15) is 0 Å². The summed E-state index contributed by atoms with van der Waals surface area (Å²) in [6.07, 6.45) is 8.00. The molecule has 3 heteroatoms. The number of nitrogens with two attached hydrogens (primary N) is 1. The van der Waals surface area contributed by atoms with Gasteiger partial charge in [0.15, 0.2) is 0 Å². The van der Waals surface area contributed by atoms with Crippen LogP contribution >= 0.6 is 23.4 Å². The van der Waals surface area contributed by atoms with Crippen LogP contribution < -0.4 is 5.73 Å². The van der Waals surface area contributed by atoms with Crippen molar-refractivity contribution in [1.82, 2.24) is 0 Å². The molecule has 0 atom stereocenters. The third kappa shape index (κ3) is 2.39. The van der Waals surface area contributed by atoms with Crippen molar-refractivity contribution in [2.24, 2.45) is 5.73 Å². The summed E-state index contributed by atoms with van der Waals surface area (Å²) in [5.74, 6) is 0. The average Bonchev–Trinajstić information content (AvgIpc) is 2.30. The maximum absolute atomic E-state index is 6.48. The van der Waals surface area contributed by atoms with Gasteiger partial charge in [0.1, 0.15) is 0 Å². The van der Waals surface area contributed by atoms with E-state index >= 15 is 0 Å². The SMILES string of the molecule is CSc1ccc(C2(N)CCCCC2)cc1Cl. The van der Waals surface area contributed by atoms with E-state index < -0.39 is 0 Å². The molecule has 0 radical (unpaired) electrons. The predicted molar refractivity (Wildman–Crippen MR) is 72.2 cm³/mol. The van der Waals surface area contributed by atoms with Gasteiger partial charge in [0.05, 0.1) is 5.02 Å². The van der Waals surface area contributed by atoms with Crippen LogP contribution in [0.25, 0.3) is 0 Å². The van der Waals surface area contributed by atoms with Gasteiger partial charge in [0, 0.05) is 10.4 Å². The molecule has 1 aliphatic rings. The van der Waals surface area contributed by atoms with E-state index in [1.165, 1.54) is 24.8 Å². The summed E-state index contributed by atoms with van der Waals surface area (Å²) >= 11 is 7.91. The van der Waals surface area contributed by atoms with Gasteiger partial charge < -0.3 is 5.73 Å². The number of thioether (sulfide) groups is 1. The minimum absolute atomic E-state index is 0.140. The van der Waals surface area contributed by atoms with Crippen LogP contribution in [-0.2, 0) is 5.54 Å². The lowest BCUT2D eigenvalue weighted by Crippen LogP contribution is -2.38. The molecule has 1 fully saturated rings. The zero-order chi connectivity index (χ0) is 11.6. The van der Waals surface area contributed by atoms with Crippen LogP contribution in [0.2, 0.25) is 5.02 Å². The maximum Gasteiger partial charge on any atom is 0.0545 e. The molecule has 1 aromatic rings. The Morgan fingerprint density at radius 1 is 1.25 bits per heavy atom. The quantitative estimate of drug-likeness (QED) is 0.803. The second-order valence-corrected chi connectivity index (χ2v) is 5.82. The molecule has 1 aliphatic carbocycles. The van der Waals surface area contributed by atoms with Crippen LogP contribution in [0, 0.1) is 0 Å². The molecule has 0 aromatic heterocycles. The zero-order valence-corrected chi connectivity index (χ0v) is 11.2. The van der Waals surface area contributed by atoms with E-state index in [1.807, 2.05) is 6.26 Å². The number of rotatable bonds is 2. The van der Waals surface area contributed by atoms with Crippen molar-refractivity contribution in [3.05, 3.63) is 28.8 Å². The van der Waals surface area contributed by atoms with Gasteiger partial charge in [-0.1, -0.05) is 36.9 Å². The standard InChI is InChI=1S/C13H18ClNS/c1-16-12-6-5-10(9-11(12)14)13(15)7-3-2-4-8-13/h5-6,9H,2-4,7-8,15H2,1H3. The average molecular weight is 256 g/mol. The Morgan fingerprint density at radius 3 is 2.50 bits per heavy atom. The molecule has 0 unspecified atom stereocenters. The lowest BCUT2D eigenvalue weighted by Gasteiger charge is -2.34. The van der Waals surface area contributed by atoms with E-state index in [0.29, 0.717) is 0 Å². The van der Waals surface area contributed by atoms with Gasteiger partial charge in [-0.05, 0) is 36.8 Å². The molecule has 16 heavy (non-hydrogen) atoms. The molecule has 1 nitrogen and oxygen atoms in total. The monoisotopic (exact) mass is 255 g/mol. The van der Waals surface area contributed by atoms with Crippen molar-refractivity contribution in [1.29, 1.82) is 0 Å². The Kier molecular flexibility index (Phi) is 3.83. The minimum atomic E-state index is -0.140. The van der Waals surface area contributed by atoms with Crippen LogP contribution in [0.1, 0.15) is 37.7 Å². The van der Waals surface area contributed by atoms with Crippen LogP contribution in [0.4, 0.5) is 0 Å². The Morgan fingerprint density at radius 2 is 1.94 bits per heavy atom. The molecule has 0 bridgehead atoms. The number of hydrogen-bond donors (Lipinski definition) is 1. The first-order chi connectivity index (χ1) is 7.65. The molecule has 0 spiro atoms. The third-order valence-corrected chi connectivity index (χ3v) is 4.69. The van der Waals surface area contributed by atoms with E-state index in [1.54, 1.807) is 11.8 Å². The van der Waals surface area contributed by atoms with Crippen LogP contribution in [0.3, 0.4) is 0 Å². The van der Waals surface area contributed by atoms with Gasteiger partial charge in [-0.25, -0.2) is 0 Å². The van der Waals surface area contributed by atoms with Crippen LogP contribution in [0.5, 0.6) is 0 Å². The largest absolute Gasteiger partial charge is 0.321 e. The van der Waals surface area contributed by atoms with E-state index in [0.717, 1.165) is 22.8 Å². The first-order valence-electron chi connectivity index (χ1n) is 5.79. The summed E-state index contributed by atoms with van der Waals surface area (Å²) in [6.45, 7) is 0. The van der Waals surface area contributed by atoms with Crippen molar-refractivity contribution in [2.45, 2.75) is 42.5 Å². The van der Waals surface area contributed by atoms with E-state index in [4.69, 9.17) is 17.3 Å². The maximum atomic E-state index is 6.48. The molecule has 0 saturated heterocycles. The molecule has 1 saturated carbocycles. The lowest BCUT2D eigenvalue weighted by atomic mass is 9.77. The number of halogens is 1.